The number of aromatic nitrogens is 1. The van der Waals surface area contributed by atoms with E-state index < -0.39 is 9.84 Å². The van der Waals surface area contributed by atoms with Gasteiger partial charge in [0.2, 0.25) is 0 Å². The molecule has 1 aliphatic rings. The largest absolute Gasteiger partial charge is 0.375 e. The molecule has 1 unspecified atom stereocenters. The molecule has 1 aliphatic heterocycles. The van der Waals surface area contributed by atoms with E-state index in [2.05, 4.69) is 16.8 Å². The Balaban J connectivity index is 2.04. The molecule has 0 saturated carbocycles. The van der Waals surface area contributed by atoms with Crippen LogP contribution < -0.4 is 5.73 Å². The standard InChI is InChI=1S/C11H19N3O2S2/c1-2-4-14(7-10-6-13-11(12)17-10)9-3-5-18(15,16)8-9/h6,9H,2-5,7-8H2,1H3,(H2,12,13). The summed E-state index contributed by atoms with van der Waals surface area (Å²) in [7, 11) is -2.82. The average Bonchev–Trinajstić information content (AvgIpc) is 2.84. The van der Waals surface area contributed by atoms with Gasteiger partial charge in [-0.1, -0.05) is 6.92 Å². The monoisotopic (exact) mass is 289 g/mol. The van der Waals surface area contributed by atoms with Crippen LogP contribution in [0.5, 0.6) is 0 Å². The fourth-order valence-electron chi connectivity index (χ4n) is 2.34. The highest BCUT2D eigenvalue weighted by atomic mass is 32.2. The number of nitrogen functional groups attached to an aromatic ring is 1. The molecule has 2 rings (SSSR count). The summed E-state index contributed by atoms with van der Waals surface area (Å²) in [5.74, 6) is 0.615. The number of sulfone groups is 1. The Hall–Kier alpha value is -0.660. The lowest BCUT2D eigenvalue weighted by molar-refractivity contribution is 0.205. The first-order valence-corrected chi connectivity index (χ1v) is 8.78. The second-order valence-corrected chi connectivity index (χ2v) is 8.07. The van der Waals surface area contributed by atoms with E-state index in [1.807, 2.05) is 0 Å². The summed E-state index contributed by atoms with van der Waals surface area (Å²) in [6.07, 6.45) is 3.55. The van der Waals surface area contributed by atoms with Gasteiger partial charge in [0, 0.05) is 23.7 Å². The molecule has 2 heterocycles. The lowest BCUT2D eigenvalue weighted by atomic mass is 10.2. The number of thiazole rings is 1. The van der Waals surface area contributed by atoms with Gasteiger partial charge in [0.15, 0.2) is 15.0 Å². The zero-order valence-electron chi connectivity index (χ0n) is 10.5. The highest BCUT2D eigenvalue weighted by molar-refractivity contribution is 7.91. The average molecular weight is 289 g/mol. The van der Waals surface area contributed by atoms with Crippen molar-refractivity contribution in [2.24, 2.45) is 0 Å². The van der Waals surface area contributed by atoms with Crippen LogP contribution in [0.1, 0.15) is 24.6 Å². The minimum atomic E-state index is -2.82. The van der Waals surface area contributed by atoms with Crippen molar-refractivity contribution >= 4 is 26.3 Å². The predicted molar refractivity (Wildman–Crippen MR) is 74.3 cm³/mol. The van der Waals surface area contributed by atoms with Gasteiger partial charge in [0.05, 0.1) is 11.5 Å². The summed E-state index contributed by atoms with van der Waals surface area (Å²) >= 11 is 1.48. The van der Waals surface area contributed by atoms with E-state index in [0.29, 0.717) is 16.6 Å². The number of nitrogens with zero attached hydrogens (tertiary/aromatic N) is 2. The van der Waals surface area contributed by atoms with Crippen LogP contribution in [-0.4, -0.2) is 42.4 Å². The molecule has 102 valence electrons. The van der Waals surface area contributed by atoms with Crippen LogP contribution in [0, 0.1) is 0 Å². The van der Waals surface area contributed by atoms with Crippen molar-refractivity contribution < 1.29 is 8.42 Å². The van der Waals surface area contributed by atoms with E-state index in [1.54, 1.807) is 6.20 Å². The number of hydrogen-bond acceptors (Lipinski definition) is 6. The summed E-state index contributed by atoms with van der Waals surface area (Å²) in [4.78, 5) is 7.39. The molecule has 1 fully saturated rings. The van der Waals surface area contributed by atoms with E-state index in [4.69, 9.17) is 5.73 Å². The molecule has 0 aliphatic carbocycles. The Labute approximate surface area is 112 Å². The molecule has 0 bridgehead atoms. The third kappa shape index (κ3) is 3.43. The maximum Gasteiger partial charge on any atom is 0.180 e. The van der Waals surface area contributed by atoms with Gasteiger partial charge in [-0.2, -0.15) is 0 Å². The van der Waals surface area contributed by atoms with Gasteiger partial charge in [-0.25, -0.2) is 13.4 Å². The summed E-state index contributed by atoms with van der Waals surface area (Å²) in [5, 5.41) is 0.570. The first-order valence-electron chi connectivity index (χ1n) is 6.15. The maximum absolute atomic E-state index is 11.5. The van der Waals surface area contributed by atoms with Crippen LogP contribution in [-0.2, 0) is 16.4 Å². The molecule has 1 saturated heterocycles. The molecule has 7 heteroatoms. The maximum atomic E-state index is 11.5. The second kappa shape index (κ2) is 5.54. The van der Waals surface area contributed by atoms with Crippen molar-refractivity contribution in [3.63, 3.8) is 0 Å². The van der Waals surface area contributed by atoms with Gasteiger partial charge in [0.25, 0.3) is 0 Å². The van der Waals surface area contributed by atoms with Gasteiger partial charge in [-0.05, 0) is 19.4 Å². The molecule has 0 radical (unpaired) electrons. The van der Waals surface area contributed by atoms with Gasteiger partial charge in [-0.15, -0.1) is 11.3 Å². The van der Waals surface area contributed by atoms with Crippen LogP contribution in [0.4, 0.5) is 5.13 Å². The zero-order valence-corrected chi connectivity index (χ0v) is 12.1. The molecule has 1 atom stereocenters. The Kier molecular flexibility index (Phi) is 4.24. The SMILES string of the molecule is CCCN(Cc1cnc(N)s1)C1CCS(=O)(=O)C1. The summed E-state index contributed by atoms with van der Waals surface area (Å²) in [5.41, 5.74) is 5.62. The minimum absolute atomic E-state index is 0.151. The van der Waals surface area contributed by atoms with Crippen LogP contribution in [0.2, 0.25) is 0 Å². The topological polar surface area (TPSA) is 76.3 Å². The van der Waals surface area contributed by atoms with E-state index in [1.165, 1.54) is 11.3 Å². The third-order valence-electron chi connectivity index (χ3n) is 3.17. The smallest absolute Gasteiger partial charge is 0.180 e. The second-order valence-electron chi connectivity index (χ2n) is 4.69. The number of rotatable bonds is 5. The molecule has 0 aromatic carbocycles. The Morgan fingerprint density at radius 2 is 2.39 bits per heavy atom. The van der Waals surface area contributed by atoms with Crippen LogP contribution in [0.3, 0.4) is 0 Å². The van der Waals surface area contributed by atoms with Crippen molar-refractivity contribution in [3.8, 4) is 0 Å². The predicted octanol–water partition coefficient (Wildman–Crippen LogP) is 1.12. The fraction of sp³-hybridized carbons (Fsp3) is 0.727. The van der Waals surface area contributed by atoms with Crippen molar-refractivity contribution in [2.75, 3.05) is 23.8 Å². The molecular formula is C11H19N3O2S2. The van der Waals surface area contributed by atoms with Crippen molar-refractivity contribution in [1.82, 2.24) is 9.88 Å². The molecule has 2 N–H and O–H groups in total. The first kappa shape index (κ1) is 13.8. The van der Waals surface area contributed by atoms with Crippen molar-refractivity contribution in [3.05, 3.63) is 11.1 Å². The molecule has 0 spiro atoms. The quantitative estimate of drug-likeness (QED) is 0.879. The summed E-state index contributed by atoms with van der Waals surface area (Å²) in [6.45, 7) is 3.78. The molecule has 0 amide bonds. The van der Waals surface area contributed by atoms with Gasteiger partial charge in [-0.3, -0.25) is 4.90 Å². The summed E-state index contributed by atoms with van der Waals surface area (Å²) < 4.78 is 23.1. The van der Waals surface area contributed by atoms with Gasteiger partial charge >= 0.3 is 0 Å². The Bertz CT molecular complexity index is 498. The Morgan fingerprint density at radius 3 is 2.89 bits per heavy atom. The highest BCUT2D eigenvalue weighted by Gasteiger charge is 2.32. The van der Waals surface area contributed by atoms with E-state index in [9.17, 15) is 8.42 Å². The highest BCUT2D eigenvalue weighted by Crippen LogP contribution is 2.23. The van der Waals surface area contributed by atoms with Crippen molar-refractivity contribution in [2.45, 2.75) is 32.4 Å². The number of nitrogens with two attached hydrogens (primary N) is 1. The number of anilines is 1. The van der Waals surface area contributed by atoms with Gasteiger partial charge < -0.3 is 5.73 Å². The molecule has 5 nitrogen and oxygen atoms in total. The first-order chi connectivity index (χ1) is 8.50. The van der Waals surface area contributed by atoms with Crippen LogP contribution in [0.15, 0.2) is 6.20 Å². The lowest BCUT2D eigenvalue weighted by Crippen LogP contribution is -2.36. The Morgan fingerprint density at radius 1 is 1.61 bits per heavy atom. The summed E-state index contributed by atoms with van der Waals surface area (Å²) in [6, 6.07) is 0.151. The van der Waals surface area contributed by atoms with Crippen LogP contribution in [0.25, 0.3) is 0 Å². The lowest BCUT2D eigenvalue weighted by Gasteiger charge is -2.26. The fourth-order valence-corrected chi connectivity index (χ4v) is 4.81. The molecule has 1 aromatic rings. The van der Waals surface area contributed by atoms with Crippen molar-refractivity contribution in [1.29, 1.82) is 0 Å². The molecule has 18 heavy (non-hydrogen) atoms. The minimum Gasteiger partial charge on any atom is -0.375 e. The van der Waals surface area contributed by atoms with Crippen LogP contribution >= 0.6 is 11.3 Å². The number of hydrogen-bond donors (Lipinski definition) is 1. The van der Waals surface area contributed by atoms with Gasteiger partial charge in [0.1, 0.15) is 0 Å². The van der Waals surface area contributed by atoms with E-state index in [-0.39, 0.29) is 6.04 Å². The molecule has 1 aromatic heterocycles. The molecular weight excluding hydrogens is 270 g/mol. The van der Waals surface area contributed by atoms with E-state index in [0.717, 1.165) is 30.8 Å². The third-order valence-corrected chi connectivity index (χ3v) is 5.73. The zero-order chi connectivity index (χ0) is 13.2. The normalized spacial score (nSPS) is 22.7. The van der Waals surface area contributed by atoms with E-state index >= 15 is 0 Å².